The molecule has 5 N–H and O–H groups in total. The van der Waals surface area contributed by atoms with E-state index in [0.29, 0.717) is 16.3 Å². The van der Waals surface area contributed by atoms with Crippen LogP contribution in [-0.4, -0.2) is 22.5 Å². The molecule has 0 aliphatic carbocycles. The number of benzene rings is 2. The summed E-state index contributed by atoms with van der Waals surface area (Å²) in [5, 5.41) is 24.3. The Hall–Kier alpha value is -3.97. The number of nitrogens with one attached hydrogen (secondary N) is 3. The van der Waals surface area contributed by atoms with Gasteiger partial charge in [-0.05, 0) is 47.5 Å². The number of allylic oxidation sites excluding steroid dienone is 1. The highest BCUT2D eigenvalue weighted by atomic mass is 35.5. The van der Waals surface area contributed by atoms with Crippen LogP contribution in [0.3, 0.4) is 0 Å². The van der Waals surface area contributed by atoms with Crippen molar-refractivity contribution in [2.75, 3.05) is 4.90 Å². The van der Waals surface area contributed by atoms with Gasteiger partial charge in [-0.1, -0.05) is 41.9 Å². The van der Waals surface area contributed by atoms with Gasteiger partial charge in [0, 0.05) is 34.9 Å². The van der Waals surface area contributed by atoms with E-state index >= 15 is 0 Å². The van der Waals surface area contributed by atoms with Gasteiger partial charge in [0.25, 0.3) is 0 Å². The quantitative estimate of drug-likeness (QED) is 0.323. The predicted octanol–water partition coefficient (Wildman–Crippen LogP) is 4.02. The third-order valence-electron chi connectivity index (χ3n) is 4.85. The fraction of sp³-hybridized carbons (Fsp3) is 0.0833. The minimum absolute atomic E-state index is 0.00507. The molecule has 0 fully saturated rings. The van der Waals surface area contributed by atoms with Crippen molar-refractivity contribution in [1.82, 2.24) is 4.57 Å². The molecule has 0 saturated heterocycles. The third-order valence-corrected chi connectivity index (χ3v) is 5.08. The van der Waals surface area contributed by atoms with E-state index in [4.69, 9.17) is 33.6 Å². The number of pyridine rings is 1. The summed E-state index contributed by atoms with van der Waals surface area (Å²) in [7, 11) is 0. The normalized spacial score (nSPS) is 11.1. The van der Waals surface area contributed by atoms with E-state index in [0.717, 1.165) is 11.1 Å². The topological polar surface area (TPSA) is 123 Å². The van der Waals surface area contributed by atoms with Gasteiger partial charge in [-0.15, -0.1) is 0 Å². The lowest BCUT2D eigenvalue weighted by Crippen LogP contribution is -2.35. The SMILES string of the molecule is N=C/C(=C\N)c1ccc(N(Cc2cccc(Cl)c2)C(=O)CC(=N)n2ccccc2=N)cc1. The summed E-state index contributed by atoms with van der Waals surface area (Å²) < 4.78 is 1.36. The Balaban J connectivity index is 1.92. The number of anilines is 1. The Labute approximate surface area is 190 Å². The van der Waals surface area contributed by atoms with Gasteiger partial charge in [-0.2, -0.15) is 0 Å². The highest BCUT2D eigenvalue weighted by Gasteiger charge is 2.19. The lowest BCUT2D eigenvalue weighted by molar-refractivity contribution is -0.117. The summed E-state index contributed by atoms with van der Waals surface area (Å²) in [4.78, 5) is 14.8. The number of amides is 1. The first kappa shape index (κ1) is 22.7. The molecule has 0 atom stereocenters. The molecule has 0 radical (unpaired) electrons. The van der Waals surface area contributed by atoms with Crippen LogP contribution in [0.2, 0.25) is 5.02 Å². The second-order valence-electron chi connectivity index (χ2n) is 7.00. The molecule has 3 aromatic rings. The van der Waals surface area contributed by atoms with Crippen molar-refractivity contribution in [2.45, 2.75) is 13.0 Å². The Morgan fingerprint density at radius 2 is 1.84 bits per heavy atom. The van der Waals surface area contributed by atoms with Gasteiger partial charge in [-0.3, -0.25) is 20.2 Å². The van der Waals surface area contributed by atoms with Crippen LogP contribution in [0.5, 0.6) is 0 Å². The van der Waals surface area contributed by atoms with E-state index in [9.17, 15) is 4.79 Å². The van der Waals surface area contributed by atoms with Crippen LogP contribution < -0.4 is 16.1 Å². The lowest BCUT2D eigenvalue weighted by Gasteiger charge is -2.24. The smallest absolute Gasteiger partial charge is 0.234 e. The zero-order valence-corrected chi connectivity index (χ0v) is 18.0. The van der Waals surface area contributed by atoms with Gasteiger partial charge in [0.2, 0.25) is 5.91 Å². The maximum absolute atomic E-state index is 13.3. The van der Waals surface area contributed by atoms with Gasteiger partial charge in [0.1, 0.15) is 11.3 Å². The second-order valence-corrected chi connectivity index (χ2v) is 7.44. The molecule has 1 heterocycles. The van der Waals surface area contributed by atoms with Crippen LogP contribution in [0, 0.1) is 16.2 Å². The molecule has 0 spiro atoms. The highest BCUT2D eigenvalue weighted by Crippen LogP contribution is 2.23. The van der Waals surface area contributed by atoms with Gasteiger partial charge in [-0.25, -0.2) is 0 Å². The zero-order chi connectivity index (χ0) is 23.1. The number of rotatable bonds is 7. The molecule has 32 heavy (non-hydrogen) atoms. The first-order valence-electron chi connectivity index (χ1n) is 9.80. The maximum atomic E-state index is 13.3. The Morgan fingerprint density at radius 3 is 2.47 bits per heavy atom. The second kappa shape index (κ2) is 10.4. The summed E-state index contributed by atoms with van der Waals surface area (Å²) in [5.74, 6) is -0.286. The molecular weight excluding hydrogens is 424 g/mol. The molecule has 0 bridgehead atoms. The molecule has 1 aromatic heterocycles. The first-order valence-corrected chi connectivity index (χ1v) is 10.2. The van der Waals surface area contributed by atoms with Crippen LogP contribution in [0.4, 0.5) is 5.69 Å². The molecule has 3 rings (SSSR count). The molecule has 8 heteroatoms. The van der Waals surface area contributed by atoms with E-state index in [-0.39, 0.29) is 30.2 Å². The standard InChI is InChI=1S/C24H23ClN6O/c25-20-5-3-4-17(12-20)16-31(21-9-7-18(8-10-21)19(14-26)15-27)24(32)13-23(29)30-11-2-1-6-22(30)28/h1-12,14-15,26,28-29H,13,16,27H2/b19-15+,26-14?,28-22?,29-23?. The number of carbonyl (C=O) groups is 1. The van der Waals surface area contributed by atoms with Crippen molar-refractivity contribution in [3.05, 3.63) is 101 Å². The van der Waals surface area contributed by atoms with Crippen molar-refractivity contribution >= 4 is 40.8 Å². The third kappa shape index (κ3) is 5.39. The summed E-state index contributed by atoms with van der Waals surface area (Å²) in [6.45, 7) is 0.267. The number of nitrogens with zero attached hydrogens (tertiary/aromatic N) is 2. The Bertz CT molecular complexity index is 1230. The monoisotopic (exact) mass is 446 g/mol. The highest BCUT2D eigenvalue weighted by molar-refractivity contribution is 6.30. The van der Waals surface area contributed by atoms with E-state index in [1.807, 2.05) is 12.1 Å². The van der Waals surface area contributed by atoms with E-state index in [2.05, 4.69) is 0 Å². The number of carbonyl (C=O) groups excluding carboxylic acids is 1. The van der Waals surface area contributed by atoms with Crippen LogP contribution in [0.15, 0.2) is 79.1 Å². The van der Waals surface area contributed by atoms with Gasteiger partial charge in [0.05, 0.1) is 13.0 Å². The number of hydrogen-bond acceptors (Lipinski definition) is 5. The van der Waals surface area contributed by atoms with Crippen molar-refractivity contribution in [3.8, 4) is 0 Å². The predicted molar refractivity (Wildman–Crippen MR) is 128 cm³/mol. The summed E-state index contributed by atoms with van der Waals surface area (Å²) in [5.41, 5.74) is 8.50. The molecular formula is C24H23ClN6O. The molecule has 0 saturated carbocycles. The number of halogens is 1. The number of nitrogens with two attached hydrogens (primary N) is 1. The fourth-order valence-electron chi connectivity index (χ4n) is 3.21. The minimum Gasteiger partial charge on any atom is -0.404 e. The molecule has 0 unspecified atom stereocenters. The van der Waals surface area contributed by atoms with E-state index in [1.54, 1.807) is 65.7 Å². The summed E-state index contributed by atoms with van der Waals surface area (Å²) in [6, 6.07) is 19.4. The van der Waals surface area contributed by atoms with E-state index < -0.39 is 0 Å². The molecule has 162 valence electrons. The minimum atomic E-state index is -0.292. The van der Waals surface area contributed by atoms with E-state index in [1.165, 1.54) is 17.0 Å². The van der Waals surface area contributed by atoms with Crippen molar-refractivity contribution in [2.24, 2.45) is 5.73 Å². The van der Waals surface area contributed by atoms with Crippen molar-refractivity contribution < 1.29 is 4.79 Å². The van der Waals surface area contributed by atoms with Gasteiger partial charge >= 0.3 is 0 Å². The molecule has 7 nitrogen and oxygen atoms in total. The molecule has 0 aliphatic heterocycles. The average molecular weight is 447 g/mol. The van der Waals surface area contributed by atoms with Crippen LogP contribution >= 0.6 is 11.6 Å². The maximum Gasteiger partial charge on any atom is 0.234 e. The lowest BCUT2D eigenvalue weighted by atomic mass is 10.1. The molecule has 2 aromatic carbocycles. The Kier molecular flexibility index (Phi) is 7.36. The zero-order valence-electron chi connectivity index (χ0n) is 17.3. The Morgan fingerprint density at radius 1 is 1.09 bits per heavy atom. The number of aromatic nitrogens is 1. The van der Waals surface area contributed by atoms with Crippen LogP contribution in [0.1, 0.15) is 17.5 Å². The van der Waals surface area contributed by atoms with Crippen molar-refractivity contribution in [1.29, 1.82) is 16.2 Å². The summed E-state index contributed by atoms with van der Waals surface area (Å²) in [6.07, 6.45) is 3.93. The van der Waals surface area contributed by atoms with Gasteiger partial charge < -0.3 is 16.0 Å². The molecule has 1 amide bonds. The molecule has 0 aliphatic rings. The van der Waals surface area contributed by atoms with Crippen LogP contribution in [-0.2, 0) is 11.3 Å². The largest absolute Gasteiger partial charge is 0.404 e. The summed E-state index contributed by atoms with van der Waals surface area (Å²) >= 11 is 6.12. The number of hydrogen-bond donors (Lipinski definition) is 4. The fourth-order valence-corrected chi connectivity index (χ4v) is 3.42. The van der Waals surface area contributed by atoms with Crippen LogP contribution in [0.25, 0.3) is 5.57 Å². The average Bonchev–Trinajstić information content (AvgIpc) is 2.79. The van der Waals surface area contributed by atoms with Crippen molar-refractivity contribution in [3.63, 3.8) is 0 Å². The van der Waals surface area contributed by atoms with Gasteiger partial charge in [0.15, 0.2) is 0 Å². The first-order chi connectivity index (χ1) is 15.4.